The Balaban J connectivity index is 1.34. The van der Waals surface area contributed by atoms with Crippen LogP contribution < -0.4 is 5.32 Å². The quantitative estimate of drug-likeness (QED) is 0.351. The molecule has 0 saturated carbocycles. The number of nitrogens with zero attached hydrogens (tertiary/aromatic N) is 3. The number of benzene rings is 3. The SMILES string of the molecule is c1ccc(-c2ccc(-c3[nH]ncc3CNC(Cn3cccn3)c3ccccc3)cc2)cc1. The van der Waals surface area contributed by atoms with Gasteiger partial charge in [-0.2, -0.15) is 10.2 Å². The summed E-state index contributed by atoms with van der Waals surface area (Å²) in [6, 6.07) is 31.6. The zero-order chi connectivity index (χ0) is 21.6. The Morgan fingerprint density at radius 1 is 0.781 bits per heavy atom. The molecule has 2 heterocycles. The van der Waals surface area contributed by atoms with Crippen molar-refractivity contribution in [3.63, 3.8) is 0 Å². The second-order valence-corrected chi connectivity index (χ2v) is 7.79. The molecule has 5 nitrogen and oxygen atoms in total. The van der Waals surface area contributed by atoms with Gasteiger partial charge in [-0.15, -0.1) is 0 Å². The molecule has 3 aromatic carbocycles. The summed E-state index contributed by atoms with van der Waals surface area (Å²) in [5.74, 6) is 0. The highest BCUT2D eigenvalue weighted by Gasteiger charge is 2.14. The monoisotopic (exact) mass is 419 g/mol. The van der Waals surface area contributed by atoms with E-state index in [1.165, 1.54) is 16.7 Å². The standard InChI is InChI=1S/C27H25N5/c1-3-8-21(9-4-1)22-12-14-24(15-13-22)27-25(19-29-31-27)18-28-26(20-32-17-7-16-30-32)23-10-5-2-6-11-23/h1-17,19,26,28H,18,20H2,(H,29,31). The lowest BCUT2D eigenvalue weighted by atomic mass is 10.0. The summed E-state index contributed by atoms with van der Waals surface area (Å²) in [5.41, 5.74) is 6.97. The number of hydrogen-bond acceptors (Lipinski definition) is 3. The molecule has 0 saturated heterocycles. The van der Waals surface area contributed by atoms with Gasteiger partial charge in [0.05, 0.1) is 24.5 Å². The summed E-state index contributed by atoms with van der Waals surface area (Å²) in [6.45, 7) is 1.46. The maximum atomic E-state index is 4.38. The Kier molecular flexibility index (Phi) is 5.90. The Morgan fingerprint density at radius 2 is 1.47 bits per heavy atom. The molecule has 1 atom stereocenters. The Labute approximate surface area is 187 Å². The first-order chi connectivity index (χ1) is 15.9. The second-order valence-electron chi connectivity index (χ2n) is 7.79. The van der Waals surface area contributed by atoms with E-state index in [4.69, 9.17) is 0 Å². The molecule has 5 rings (SSSR count). The molecule has 32 heavy (non-hydrogen) atoms. The van der Waals surface area contributed by atoms with Crippen molar-refractivity contribution < 1.29 is 0 Å². The summed E-state index contributed by atoms with van der Waals surface area (Å²) >= 11 is 0. The lowest BCUT2D eigenvalue weighted by molar-refractivity contribution is 0.437. The van der Waals surface area contributed by atoms with Gasteiger partial charge in [0.1, 0.15) is 0 Å². The highest BCUT2D eigenvalue weighted by Crippen LogP contribution is 2.26. The molecule has 0 spiro atoms. The molecule has 0 aliphatic carbocycles. The first kappa shape index (κ1) is 20.0. The fourth-order valence-corrected chi connectivity index (χ4v) is 3.96. The van der Waals surface area contributed by atoms with Crippen molar-refractivity contribution in [2.24, 2.45) is 0 Å². The minimum atomic E-state index is 0.138. The number of H-pyrrole nitrogens is 1. The topological polar surface area (TPSA) is 58.5 Å². The van der Waals surface area contributed by atoms with E-state index in [0.29, 0.717) is 6.54 Å². The molecule has 2 aromatic heterocycles. The third kappa shape index (κ3) is 4.53. The van der Waals surface area contributed by atoms with Gasteiger partial charge < -0.3 is 5.32 Å². The van der Waals surface area contributed by atoms with Crippen molar-refractivity contribution in [1.82, 2.24) is 25.3 Å². The molecule has 158 valence electrons. The van der Waals surface area contributed by atoms with Crippen molar-refractivity contribution in [2.45, 2.75) is 19.1 Å². The van der Waals surface area contributed by atoms with E-state index in [-0.39, 0.29) is 6.04 Å². The van der Waals surface area contributed by atoms with Crippen LogP contribution in [0.15, 0.2) is 110 Å². The molecule has 0 bridgehead atoms. The summed E-state index contributed by atoms with van der Waals surface area (Å²) in [7, 11) is 0. The van der Waals surface area contributed by atoms with Gasteiger partial charge in [-0.05, 0) is 28.3 Å². The number of rotatable bonds is 8. The van der Waals surface area contributed by atoms with Crippen molar-refractivity contribution in [3.8, 4) is 22.4 Å². The van der Waals surface area contributed by atoms with E-state index < -0.39 is 0 Å². The number of aromatic nitrogens is 4. The molecular weight excluding hydrogens is 394 g/mol. The minimum Gasteiger partial charge on any atom is -0.304 e. The van der Waals surface area contributed by atoms with Gasteiger partial charge in [-0.3, -0.25) is 9.78 Å². The smallest absolute Gasteiger partial charge is 0.0695 e. The Hall–Kier alpha value is -3.96. The Bertz CT molecular complexity index is 1230. The number of hydrogen-bond donors (Lipinski definition) is 2. The van der Waals surface area contributed by atoms with Gasteiger partial charge in [-0.25, -0.2) is 0 Å². The summed E-state index contributed by atoms with van der Waals surface area (Å²) in [4.78, 5) is 0. The molecular formula is C27H25N5. The lowest BCUT2D eigenvalue weighted by Crippen LogP contribution is -2.25. The number of aromatic amines is 1. The molecule has 0 aliphatic rings. The van der Waals surface area contributed by atoms with E-state index in [0.717, 1.165) is 23.4 Å². The molecule has 2 N–H and O–H groups in total. The van der Waals surface area contributed by atoms with E-state index in [9.17, 15) is 0 Å². The van der Waals surface area contributed by atoms with Gasteiger partial charge in [0.2, 0.25) is 0 Å². The van der Waals surface area contributed by atoms with Gasteiger partial charge in [0.15, 0.2) is 0 Å². The van der Waals surface area contributed by atoms with Crippen LogP contribution in [0.3, 0.4) is 0 Å². The van der Waals surface area contributed by atoms with Crippen molar-refractivity contribution in [1.29, 1.82) is 0 Å². The van der Waals surface area contributed by atoms with E-state index in [2.05, 4.69) is 93.4 Å². The van der Waals surface area contributed by atoms with Crippen molar-refractivity contribution in [2.75, 3.05) is 0 Å². The van der Waals surface area contributed by atoms with E-state index in [1.807, 2.05) is 41.5 Å². The summed E-state index contributed by atoms with van der Waals surface area (Å²) in [5, 5.41) is 15.6. The van der Waals surface area contributed by atoms with Crippen LogP contribution in [0, 0.1) is 0 Å². The maximum Gasteiger partial charge on any atom is 0.0695 e. The number of nitrogens with one attached hydrogen (secondary N) is 2. The van der Waals surface area contributed by atoms with Crippen LogP contribution in [0.4, 0.5) is 0 Å². The molecule has 0 fully saturated rings. The van der Waals surface area contributed by atoms with Gasteiger partial charge in [0, 0.05) is 24.5 Å². The molecule has 0 radical (unpaired) electrons. The molecule has 5 heteroatoms. The predicted molar refractivity (Wildman–Crippen MR) is 128 cm³/mol. The van der Waals surface area contributed by atoms with Crippen LogP contribution in [0.5, 0.6) is 0 Å². The largest absolute Gasteiger partial charge is 0.304 e. The van der Waals surface area contributed by atoms with Gasteiger partial charge in [0.25, 0.3) is 0 Å². The van der Waals surface area contributed by atoms with Crippen LogP contribution in [0.25, 0.3) is 22.4 Å². The first-order valence-corrected chi connectivity index (χ1v) is 10.8. The third-order valence-corrected chi connectivity index (χ3v) is 5.67. The second kappa shape index (κ2) is 9.45. The zero-order valence-corrected chi connectivity index (χ0v) is 17.7. The summed E-state index contributed by atoms with van der Waals surface area (Å²) < 4.78 is 1.96. The molecule has 1 unspecified atom stereocenters. The lowest BCUT2D eigenvalue weighted by Gasteiger charge is -2.19. The third-order valence-electron chi connectivity index (χ3n) is 5.67. The average molecular weight is 420 g/mol. The Morgan fingerprint density at radius 3 is 2.19 bits per heavy atom. The van der Waals surface area contributed by atoms with Crippen molar-refractivity contribution >= 4 is 0 Å². The van der Waals surface area contributed by atoms with E-state index >= 15 is 0 Å². The fourth-order valence-electron chi connectivity index (χ4n) is 3.96. The van der Waals surface area contributed by atoms with Crippen LogP contribution in [-0.2, 0) is 13.1 Å². The molecule has 5 aromatic rings. The summed E-state index contributed by atoms with van der Waals surface area (Å²) in [6.07, 6.45) is 5.72. The van der Waals surface area contributed by atoms with Crippen molar-refractivity contribution in [3.05, 3.63) is 121 Å². The van der Waals surface area contributed by atoms with Gasteiger partial charge >= 0.3 is 0 Å². The van der Waals surface area contributed by atoms with E-state index in [1.54, 1.807) is 0 Å². The predicted octanol–water partition coefficient (Wildman–Crippen LogP) is 5.47. The van der Waals surface area contributed by atoms with Crippen LogP contribution in [0.1, 0.15) is 17.2 Å². The molecule has 0 aliphatic heterocycles. The highest BCUT2D eigenvalue weighted by molar-refractivity contribution is 5.69. The average Bonchev–Trinajstić information content (AvgIpc) is 3.55. The molecule has 0 amide bonds. The van der Waals surface area contributed by atoms with Crippen LogP contribution in [-0.4, -0.2) is 20.0 Å². The fraction of sp³-hybridized carbons (Fsp3) is 0.111. The minimum absolute atomic E-state index is 0.138. The zero-order valence-electron chi connectivity index (χ0n) is 17.7. The van der Waals surface area contributed by atoms with Gasteiger partial charge in [-0.1, -0.05) is 84.9 Å². The maximum absolute atomic E-state index is 4.38. The normalized spacial score (nSPS) is 12.0. The highest BCUT2D eigenvalue weighted by atomic mass is 15.3. The van der Waals surface area contributed by atoms with Crippen LogP contribution >= 0.6 is 0 Å². The van der Waals surface area contributed by atoms with Crippen LogP contribution in [0.2, 0.25) is 0 Å². The first-order valence-electron chi connectivity index (χ1n) is 10.8.